The van der Waals surface area contributed by atoms with Crippen LogP contribution in [0.25, 0.3) is 17.0 Å². The fraction of sp³-hybridized carbons (Fsp3) is 0.190. The second-order valence-electron chi connectivity index (χ2n) is 6.56. The zero-order valence-corrected chi connectivity index (χ0v) is 17.3. The lowest BCUT2D eigenvalue weighted by atomic mass is 10.2. The SMILES string of the molecule is COc1ccccc1OCCSc1nc(-c2ccc3c(c2)OCO3)nc2cc(=O)[nH]n12. The maximum absolute atomic E-state index is 11.9. The molecular formula is C21H18N4O5S. The minimum Gasteiger partial charge on any atom is -0.493 e. The van der Waals surface area contributed by atoms with Gasteiger partial charge in [0.25, 0.3) is 5.56 Å². The topological polar surface area (TPSA) is 100.0 Å². The third-order valence-corrected chi connectivity index (χ3v) is 5.50. The number of fused-ring (bicyclic) bond motifs is 2. The first-order chi connectivity index (χ1) is 15.2. The highest BCUT2D eigenvalue weighted by molar-refractivity contribution is 7.99. The zero-order valence-electron chi connectivity index (χ0n) is 16.5. The number of hydrogen-bond donors (Lipinski definition) is 1. The second kappa shape index (κ2) is 8.23. The smallest absolute Gasteiger partial charge is 0.266 e. The summed E-state index contributed by atoms with van der Waals surface area (Å²) in [6.45, 7) is 0.626. The van der Waals surface area contributed by atoms with Gasteiger partial charge in [-0.3, -0.25) is 9.89 Å². The minimum absolute atomic E-state index is 0.194. The number of H-pyrrole nitrogens is 1. The molecule has 0 aliphatic carbocycles. The molecule has 1 N–H and O–H groups in total. The van der Waals surface area contributed by atoms with Crippen LogP contribution in [0.1, 0.15) is 0 Å². The van der Waals surface area contributed by atoms with Gasteiger partial charge < -0.3 is 18.9 Å². The van der Waals surface area contributed by atoms with Gasteiger partial charge in [-0.15, -0.1) is 0 Å². The third-order valence-electron chi connectivity index (χ3n) is 4.60. The molecule has 1 aliphatic heterocycles. The molecule has 1 aliphatic rings. The molecule has 0 saturated heterocycles. The zero-order chi connectivity index (χ0) is 21.2. The number of hydrogen-bond acceptors (Lipinski definition) is 8. The largest absolute Gasteiger partial charge is 0.493 e. The Bertz CT molecular complexity index is 1300. The molecule has 9 nitrogen and oxygen atoms in total. The fourth-order valence-corrected chi connectivity index (χ4v) is 3.94. The molecule has 0 spiro atoms. The molecule has 2 aromatic heterocycles. The van der Waals surface area contributed by atoms with E-state index in [4.69, 9.17) is 18.9 Å². The molecule has 0 atom stereocenters. The van der Waals surface area contributed by atoms with Gasteiger partial charge >= 0.3 is 0 Å². The number of aromatic nitrogens is 4. The number of thioether (sulfide) groups is 1. The van der Waals surface area contributed by atoms with Gasteiger partial charge in [0.05, 0.1) is 13.7 Å². The van der Waals surface area contributed by atoms with Gasteiger partial charge in [0.1, 0.15) is 0 Å². The summed E-state index contributed by atoms with van der Waals surface area (Å²) in [5.41, 5.74) is 1.01. The van der Waals surface area contributed by atoms with Crippen LogP contribution in [0.4, 0.5) is 0 Å². The Balaban J connectivity index is 1.38. The van der Waals surface area contributed by atoms with Crippen molar-refractivity contribution in [3.63, 3.8) is 0 Å². The van der Waals surface area contributed by atoms with Crippen LogP contribution in [-0.2, 0) is 0 Å². The van der Waals surface area contributed by atoms with Crippen LogP contribution in [0.5, 0.6) is 23.0 Å². The first-order valence-electron chi connectivity index (χ1n) is 9.50. The van der Waals surface area contributed by atoms with Crippen molar-refractivity contribution < 1.29 is 18.9 Å². The normalized spacial score (nSPS) is 12.3. The molecule has 0 unspecified atom stereocenters. The molecule has 0 fully saturated rings. The van der Waals surface area contributed by atoms with Crippen molar-refractivity contribution in [3.05, 3.63) is 58.9 Å². The Morgan fingerprint density at radius 2 is 1.94 bits per heavy atom. The van der Waals surface area contributed by atoms with Crippen molar-refractivity contribution in [2.24, 2.45) is 0 Å². The van der Waals surface area contributed by atoms with Gasteiger partial charge in [-0.2, -0.15) is 0 Å². The molecule has 3 heterocycles. The van der Waals surface area contributed by atoms with Gasteiger partial charge in [-0.25, -0.2) is 14.5 Å². The fourth-order valence-electron chi connectivity index (χ4n) is 3.17. The number of methoxy groups -OCH3 is 1. The molecule has 31 heavy (non-hydrogen) atoms. The van der Waals surface area contributed by atoms with E-state index >= 15 is 0 Å². The first-order valence-corrected chi connectivity index (χ1v) is 10.5. The summed E-state index contributed by atoms with van der Waals surface area (Å²) in [4.78, 5) is 21.1. The number of para-hydroxylation sites is 2. The summed E-state index contributed by atoms with van der Waals surface area (Å²) in [6, 6.07) is 14.4. The lowest BCUT2D eigenvalue weighted by molar-refractivity contribution is 0.174. The van der Waals surface area contributed by atoms with Crippen LogP contribution in [0.2, 0.25) is 0 Å². The minimum atomic E-state index is -0.246. The molecule has 0 radical (unpaired) electrons. The molecule has 0 saturated carbocycles. The predicted molar refractivity (Wildman–Crippen MR) is 114 cm³/mol. The van der Waals surface area contributed by atoms with E-state index in [0.29, 0.717) is 52.0 Å². The van der Waals surface area contributed by atoms with Gasteiger partial charge in [0, 0.05) is 17.4 Å². The van der Waals surface area contributed by atoms with Gasteiger partial charge in [-0.1, -0.05) is 23.9 Å². The molecule has 10 heteroatoms. The Morgan fingerprint density at radius 3 is 2.81 bits per heavy atom. The number of nitrogens with zero attached hydrogens (tertiary/aromatic N) is 3. The molecule has 158 valence electrons. The van der Waals surface area contributed by atoms with E-state index in [1.54, 1.807) is 11.6 Å². The van der Waals surface area contributed by atoms with E-state index in [0.717, 1.165) is 5.56 Å². The van der Waals surface area contributed by atoms with Crippen molar-refractivity contribution in [2.75, 3.05) is 26.3 Å². The highest BCUT2D eigenvalue weighted by Gasteiger charge is 2.17. The third kappa shape index (κ3) is 3.89. The van der Waals surface area contributed by atoms with E-state index in [-0.39, 0.29) is 12.4 Å². The summed E-state index contributed by atoms with van der Waals surface area (Å²) < 4.78 is 23.5. The van der Waals surface area contributed by atoms with Crippen LogP contribution in [0.15, 0.2) is 58.5 Å². The average Bonchev–Trinajstić information content (AvgIpc) is 3.41. The van der Waals surface area contributed by atoms with Crippen molar-refractivity contribution in [2.45, 2.75) is 5.16 Å². The predicted octanol–water partition coefficient (Wildman–Crippen LogP) is 2.99. The number of nitrogens with one attached hydrogen (secondary N) is 1. The standard InChI is InChI=1S/C21H18N4O5S/c1-27-14-4-2-3-5-15(14)28-8-9-31-21-23-20(22-18-11-19(26)24-25(18)21)13-6-7-16-17(10-13)30-12-29-16/h2-7,10-11H,8-9,12H2,1H3,(H,24,26). The van der Waals surface area contributed by atoms with Crippen LogP contribution >= 0.6 is 11.8 Å². The van der Waals surface area contributed by atoms with Gasteiger partial charge in [-0.05, 0) is 30.3 Å². The number of benzene rings is 2. The summed E-state index contributed by atoms with van der Waals surface area (Å²) in [6.07, 6.45) is 0. The summed E-state index contributed by atoms with van der Waals surface area (Å²) in [5.74, 6) is 3.78. The van der Waals surface area contributed by atoms with E-state index in [9.17, 15) is 4.79 Å². The summed E-state index contributed by atoms with van der Waals surface area (Å²) >= 11 is 1.45. The van der Waals surface area contributed by atoms with E-state index < -0.39 is 0 Å². The lowest BCUT2D eigenvalue weighted by Crippen LogP contribution is -2.07. The van der Waals surface area contributed by atoms with E-state index in [2.05, 4.69) is 15.1 Å². The highest BCUT2D eigenvalue weighted by atomic mass is 32.2. The summed E-state index contributed by atoms with van der Waals surface area (Å²) in [5, 5.41) is 3.33. The van der Waals surface area contributed by atoms with Crippen LogP contribution < -0.4 is 24.5 Å². The molecular weight excluding hydrogens is 420 g/mol. The van der Waals surface area contributed by atoms with Crippen LogP contribution in [-0.4, -0.2) is 45.8 Å². The maximum Gasteiger partial charge on any atom is 0.266 e. The van der Waals surface area contributed by atoms with E-state index in [1.807, 2.05) is 42.5 Å². The van der Waals surface area contributed by atoms with Gasteiger partial charge in [0.2, 0.25) is 6.79 Å². The van der Waals surface area contributed by atoms with Crippen molar-refractivity contribution in [1.29, 1.82) is 0 Å². The summed E-state index contributed by atoms with van der Waals surface area (Å²) in [7, 11) is 1.61. The molecule has 0 amide bonds. The molecule has 0 bridgehead atoms. The average molecular weight is 438 g/mol. The monoisotopic (exact) mass is 438 g/mol. The van der Waals surface area contributed by atoms with Crippen molar-refractivity contribution in [1.82, 2.24) is 19.6 Å². The highest BCUT2D eigenvalue weighted by Crippen LogP contribution is 2.35. The first kappa shape index (κ1) is 19.3. The second-order valence-corrected chi connectivity index (χ2v) is 7.62. The van der Waals surface area contributed by atoms with Crippen molar-refractivity contribution in [3.8, 4) is 34.4 Å². The Labute approximate surface area is 180 Å². The van der Waals surface area contributed by atoms with Crippen LogP contribution in [0, 0.1) is 0 Å². The molecule has 4 aromatic rings. The Kier molecular flexibility index (Phi) is 5.13. The quantitative estimate of drug-likeness (QED) is 0.347. The van der Waals surface area contributed by atoms with Crippen LogP contribution in [0.3, 0.4) is 0 Å². The Hall–Kier alpha value is -3.66. The lowest BCUT2D eigenvalue weighted by Gasteiger charge is -2.11. The molecule has 2 aromatic carbocycles. The molecule has 5 rings (SSSR count). The van der Waals surface area contributed by atoms with E-state index in [1.165, 1.54) is 17.8 Å². The number of aromatic amines is 1. The van der Waals surface area contributed by atoms with Gasteiger partial charge in [0.15, 0.2) is 39.6 Å². The maximum atomic E-state index is 11.9. The Morgan fingerprint density at radius 1 is 1.10 bits per heavy atom. The van der Waals surface area contributed by atoms with Crippen molar-refractivity contribution >= 4 is 17.4 Å². The number of ether oxygens (including phenoxy) is 4. The number of rotatable bonds is 7.